The van der Waals surface area contributed by atoms with Crippen molar-refractivity contribution in [3.8, 4) is 0 Å². The lowest BCUT2D eigenvalue weighted by molar-refractivity contribution is -0.132. The molecule has 2 heterocycles. The van der Waals surface area contributed by atoms with Gasteiger partial charge in [-0.3, -0.25) is 9.59 Å². The summed E-state index contributed by atoms with van der Waals surface area (Å²) in [7, 11) is -4.25. The Bertz CT molecular complexity index is 1750. The lowest BCUT2D eigenvalue weighted by Crippen LogP contribution is -2.45. The van der Waals surface area contributed by atoms with Gasteiger partial charge in [-0.2, -0.15) is 4.31 Å². The molecule has 0 spiro atoms. The van der Waals surface area contributed by atoms with Crippen LogP contribution in [0.5, 0.6) is 0 Å². The molecule has 220 valence electrons. The van der Waals surface area contributed by atoms with Gasteiger partial charge in [0.1, 0.15) is 10.5 Å². The molecule has 4 aromatic rings. The van der Waals surface area contributed by atoms with Crippen LogP contribution in [0.25, 0.3) is 11.0 Å². The lowest BCUT2D eigenvalue weighted by atomic mass is 10.1. The third kappa shape index (κ3) is 6.88. The minimum Gasteiger partial charge on any atom is -0.464 e. The highest BCUT2D eigenvalue weighted by molar-refractivity contribution is 7.89. The minimum atomic E-state index is -4.25. The lowest BCUT2D eigenvalue weighted by Gasteiger charge is -2.29. The first kappa shape index (κ1) is 30.3. The summed E-state index contributed by atoms with van der Waals surface area (Å²) in [6.45, 7) is 1.94. The first-order valence-corrected chi connectivity index (χ1v) is 15.7. The molecule has 1 aliphatic rings. The average Bonchev–Trinajstić information content (AvgIpc) is 3.49. The van der Waals surface area contributed by atoms with E-state index < -0.39 is 22.5 Å². The Labute approximate surface area is 254 Å². The molecule has 8 nitrogen and oxygen atoms in total. The highest BCUT2D eigenvalue weighted by atomic mass is 35.5. The number of carbonyl (C=O) groups excluding carboxylic acids is 1. The maximum atomic E-state index is 14.0. The molecule has 3 aromatic carbocycles. The standard InChI is InChI=1S/C31H30Cl2N2O6S/c1-21-9-12-28-26(14-21)31(37)23(20-41-28)17-34(16-22-6-3-2-4-7-22)30(36)19-35(18-25-8-5-13-40-25)42(38,39)29-15-24(32)10-11-27(29)33/h2-4,6-7,9-12,14-15,20,25H,5,8,13,16-19H2,1H3/t25-/m0/s1. The summed E-state index contributed by atoms with van der Waals surface area (Å²) in [6, 6.07) is 18.8. The van der Waals surface area contributed by atoms with E-state index in [1.165, 1.54) is 29.4 Å². The molecule has 0 bridgehead atoms. The highest BCUT2D eigenvalue weighted by Crippen LogP contribution is 2.29. The number of hydrogen-bond donors (Lipinski definition) is 0. The largest absolute Gasteiger partial charge is 0.464 e. The SMILES string of the molecule is Cc1ccc2occ(CN(Cc3ccccc3)C(=O)CN(C[C@@H]3CCCO3)S(=O)(=O)c3cc(Cl)ccc3Cl)c(=O)c2c1. The van der Waals surface area contributed by atoms with Crippen LogP contribution in [-0.2, 0) is 32.6 Å². The molecule has 1 aliphatic heterocycles. The van der Waals surface area contributed by atoms with Crippen molar-refractivity contribution >= 4 is 50.1 Å². The van der Waals surface area contributed by atoms with Crippen molar-refractivity contribution in [1.82, 2.24) is 9.21 Å². The van der Waals surface area contributed by atoms with E-state index in [0.29, 0.717) is 24.0 Å². The number of fused-ring (bicyclic) bond motifs is 1. The van der Waals surface area contributed by atoms with Crippen LogP contribution in [0.3, 0.4) is 0 Å². The smallest absolute Gasteiger partial charge is 0.245 e. The Morgan fingerprint density at radius 2 is 1.81 bits per heavy atom. The summed E-state index contributed by atoms with van der Waals surface area (Å²) >= 11 is 12.4. The minimum absolute atomic E-state index is 0.00519. The van der Waals surface area contributed by atoms with Crippen molar-refractivity contribution in [2.24, 2.45) is 0 Å². The summed E-state index contributed by atoms with van der Waals surface area (Å²) in [5.74, 6) is -0.498. The van der Waals surface area contributed by atoms with Gasteiger partial charge in [0.05, 0.1) is 41.4 Å². The van der Waals surface area contributed by atoms with Gasteiger partial charge < -0.3 is 14.1 Å². The monoisotopic (exact) mass is 628 g/mol. The first-order valence-electron chi connectivity index (χ1n) is 13.5. The molecular weight excluding hydrogens is 599 g/mol. The van der Waals surface area contributed by atoms with Gasteiger partial charge in [-0.25, -0.2) is 8.42 Å². The van der Waals surface area contributed by atoms with E-state index in [1.807, 2.05) is 43.3 Å². The normalized spacial score (nSPS) is 15.4. The molecule has 5 rings (SSSR count). The third-order valence-electron chi connectivity index (χ3n) is 7.18. The van der Waals surface area contributed by atoms with Crippen LogP contribution < -0.4 is 5.43 Å². The molecule has 0 aliphatic carbocycles. The van der Waals surface area contributed by atoms with E-state index in [9.17, 15) is 18.0 Å². The second-order valence-electron chi connectivity index (χ2n) is 10.3. The number of rotatable bonds is 10. The molecule has 1 atom stereocenters. The van der Waals surface area contributed by atoms with Gasteiger partial charge in [0.25, 0.3) is 0 Å². The van der Waals surface area contributed by atoms with E-state index in [1.54, 1.807) is 12.1 Å². The zero-order chi connectivity index (χ0) is 29.9. The van der Waals surface area contributed by atoms with Crippen LogP contribution in [0.15, 0.2) is 87.1 Å². The molecule has 1 aromatic heterocycles. The number of aryl methyl sites for hydroxylation is 1. The Kier molecular flexibility index (Phi) is 9.35. The molecule has 0 radical (unpaired) electrons. The van der Waals surface area contributed by atoms with Crippen LogP contribution in [0, 0.1) is 6.92 Å². The number of benzene rings is 3. The van der Waals surface area contributed by atoms with Crippen molar-refractivity contribution < 1.29 is 22.4 Å². The number of amides is 1. The fraction of sp³-hybridized carbons (Fsp3) is 0.290. The van der Waals surface area contributed by atoms with Crippen LogP contribution in [0.2, 0.25) is 10.0 Å². The van der Waals surface area contributed by atoms with Crippen molar-refractivity contribution in [1.29, 1.82) is 0 Å². The van der Waals surface area contributed by atoms with E-state index in [-0.39, 0.29) is 51.7 Å². The molecule has 1 amide bonds. The molecule has 0 saturated carbocycles. The number of carbonyl (C=O) groups is 1. The summed E-state index contributed by atoms with van der Waals surface area (Å²) in [5.41, 5.74) is 2.20. The summed E-state index contributed by atoms with van der Waals surface area (Å²) in [5, 5.41) is 0.609. The van der Waals surface area contributed by atoms with Crippen LogP contribution in [0.4, 0.5) is 0 Å². The molecular formula is C31H30Cl2N2O6S. The number of ether oxygens (including phenoxy) is 1. The zero-order valence-electron chi connectivity index (χ0n) is 23.0. The maximum absolute atomic E-state index is 14.0. The van der Waals surface area contributed by atoms with Gasteiger partial charge in [-0.15, -0.1) is 0 Å². The Morgan fingerprint density at radius 3 is 2.55 bits per heavy atom. The average molecular weight is 630 g/mol. The second kappa shape index (κ2) is 13.0. The van der Waals surface area contributed by atoms with Crippen molar-refractivity contribution in [3.63, 3.8) is 0 Å². The van der Waals surface area contributed by atoms with Gasteiger partial charge in [0.2, 0.25) is 15.9 Å². The number of sulfonamides is 1. The van der Waals surface area contributed by atoms with Gasteiger partial charge in [-0.1, -0.05) is 65.2 Å². The van der Waals surface area contributed by atoms with Crippen LogP contribution in [0.1, 0.15) is 29.5 Å². The van der Waals surface area contributed by atoms with Crippen LogP contribution >= 0.6 is 23.2 Å². The third-order valence-corrected chi connectivity index (χ3v) is 9.71. The molecule has 11 heteroatoms. The van der Waals surface area contributed by atoms with Crippen molar-refractivity contribution in [3.05, 3.63) is 110 Å². The molecule has 1 saturated heterocycles. The predicted octanol–water partition coefficient (Wildman–Crippen LogP) is 5.81. The fourth-order valence-electron chi connectivity index (χ4n) is 4.96. The summed E-state index contributed by atoms with van der Waals surface area (Å²) < 4.78 is 40.3. The number of hydrogen-bond acceptors (Lipinski definition) is 6. The Morgan fingerprint density at radius 1 is 1.02 bits per heavy atom. The maximum Gasteiger partial charge on any atom is 0.245 e. The molecule has 0 N–H and O–H groups in total. The zero-order valence-corrected chi connectivity index (χ0v) is 25.3. The van der Waals surface area contributed by atoms with Crippen molar-refractivity contribution in [2.45, 2.75) is 43.9 Å². The van der Waals surface area contributed by atoms with E-state index >= 15 is 0 Å². The van der Waals surface area contributed by atoms with Gasteiger partial charge in [-0.05, 0) is 55.7 Å². The Hall–Kier alpha value is -3.21. The van der Waals surface area contributed by atoms with E-state index in [4.69, 9.17) is 32.4 Å². The van der Waals surface area contributed by atoms with Gasteiger partial charge in [0.15, 0.2) is 5.43 Å². The van der Waals surface area contributed by atoms with E-state index in [2.05, 4.69) is 0 Å². The Balaban J connectivity index is 1.49. The number of nitrogens with zero attached hydrogens (tertiary/aromatic N) is 2. The van der Waals surface area contributed by atoms with Crippen molar-refractivity contribution in [2.75, 3.05) is 19.7 Å². The van der Waals surface area contributed by atoms with E-state index in [0.717, 1.165) is 21.9 Å². The highest BCUT2D eigenvalue weighted by Gasteiger charge is 2.34. The molecule has 0 unspecified atom stereocenters. The van der Waals surface area contributed by atoms with Crippen LogP contribution in [-0.4, -0.2) is 49.3 Å². The quantitative estimate of drug-likeness (QED) is 0.220. The topological polar surface area (TPSA) is 97.1 Å². The second-order valence-corrected chi connectivity index (χ2v) is 13.1. The summed E-state index contributed by atoms with van der Waals surface area (Å²) in [4.78, 5) is 28.7. The molecule has 1 fully saturated rings. The number of halogens is 2. The van der Waals surface area contributed by atoms with Gasteiger partial charge in [0, 0.05) is 24.7 Å². The fourth-order valence-corrected chi connectivity index (χ4v) is 7.12. The first-order chi connectivity index (χ1) is 20.1. The summed E-state index contributed by atoms with van der Waals surface area (Å²) in [6.07, 6.45) is 2.44. The molecule has 42 heavy (non-hydrogen) atoms. The predicted molar refractivity (Wildman–Crippen MR) is 162 cm³/mol. The van der Waals surface area contributed by atoms with Gasteiger partial charge >= 0.3 is 0 Å².